The molecule has 6 rings (SSSR count). The Kier molecular flexibility index (Phi) is 23.0. The van der Waals surface area contributed by atoms with Crippen LogP contribution in [0.2, 0.25) is 0 Å². The number of esters is 1. The van der Waals surface area contributed by atoms with Gasteiger partial charge in [0.25, 0.3) is 17.4 Å². The second-order valence-corrected chi connectivity index (χ2v) is 23.7. The number of thioether (sulfide) groups is 2. The number of ether oxygens (including phenoxy) is 1. The van der Waals surface area contributed by atoms with Crippen LogP contribution in [0.4, 0.5) is 4.39 Å². The van der Waals surface area contributed by atoms with Gasteiger partial charge in [-0.2, -0.15) is 23.5 Å². The fourth-order valence-corrected chi connectivity index (χ4v) is 12.0. The zero-order valence-corrected chi connectivity index (χ0v) is 48.8. The highest BCUT2D eigenvalue weighted by molar-refractivity contribution is 7.99. The van der Waals surface area contributed by atoms with Gasteiger partial charge in [-0.05, 0) is 74.8 Å². The Morgan fingerprint density at radius 1 is 0.843 bits per heavy atom. The lowest BCUT2D eigenvalue weighted by Crippen LogP contribution is -2.50. The van der Waals surface area contributed by atoms with Gasteiger partial charge in [-0.25, -0.2) is 14.2 Å². The smallest absolute Gasteiger partial charge is 0.343 e. The number of fused-ring (bicyclic) bond motifs is 5. The summed E-state index contributed by atoms with van der Waals surface area (Å²) in [6.45, 7) is 5.92. The van der Waals surface area contributed by atoms with E-state index in [1.54, 1.807) is 61.0 Å². The first-order chi connectivity index (χ1) is 39.2. The number of pyridine rings is 2. The summed E-state index contributed by atoms with van der Waals surface area (Å²) >= 11 is 3.22. The van der Waals surface area contributed by atoms with Crippen LogP contribution in [0, 0.1) is 24.6 Å². The zero-order chi connectivity index (χ0) is 61.2. The summed E-state index contributed by atoms with van der Waals surface area (Å²) in [4.78, 5) is 137. The number of aromatic nitrogens is 2. The van der Waals surface area contributed by atoms with Crippen LogP contribution < -0.4 is 16.2 Å². The number of ketones is 3. The minimum absolute atomic E-state index is 0.00786. The monoisotopic (exact) mass is 1200 g/mol. The summed E-state index contributed by atoms with van der Waals surface area (Å²) in [7, 11) is 1.26. The number of nitrogens with one attached hydrogen (secondary N) is 2. The molecule has 9 atom stereocenters. The van der Waals surface area contributed by atoms with Crippen LogP contribution in [-0.4, -0.2) is 183 Å². The van der Waals surface area contributed by atoms with E-state index in [1.807, 2.05) is 0 Å². The van der Waals surface area contributed by atoms with Crippen LogP contribution in [0.1, 0.15) is 107 Å². The number of halogens is 1. The van der Waals surface area contributed by atoms with Crippen LogP contribution >= 0.6 is 23.5 Å². The lowest BCUT2D eigenvalue weighted by atomic mass is 9.86. The molecule has 0 saturated heterocycles. The maximum atomic E-state index is 15.0. The molecule has 3 aromatic rings. The molecule has 1 aromatic carbocycles. The van der Waals surface area contributed by atoms with Crippen molar-refractivity contribution in [1.82, 2.24) is 30.0 Å². The van der Waals surface area contributed by atoms with Gasteiger partial charge in [-0.3, -0.25) is 48.1 Å². The molecule has 8 N–H and O–H groups in total. The van der Waals surface area contributed by atoms with Gasteiger partial charge in [-0.15, -0.1) is 0 Å². The van der Waals surface area contributed by atoms with E-state index in [-0.39, 0.29) is 75.1 Å². The number of nitrogens with zero attached hydrogens (tertiary/aromatic N) is 4. The highest BCUT2D eigenvalue weighted by atomic mass is 32.2. The summed E-state index contributed by atoms with van der Waals surface area (Å²) in [6.07, 6.45) is -6.12. The highest BCUT2D eigenvalue weighted by Gasteiger charge is 2.46. The number of cyclic esters (lactones) is 1. The van der Waals surface area contributed by atoms with Crippen LogP contribution in [0.25, 0.3) is 22.3 Å². The Bertz CT molecular complexity index is 3080. The van der Waals surface area contributed by atoms with Gasteiger partial charge >= 0.3 is 5.97 Å². The second-order valence-electron chi connectivity index (χ2n) is 21.4. The van der Waals surface area contributed by atoms with Gasteiger partial charge in [0.05, 0.1) is 47.7 Å². The van der Waals surface area contributed by atoms with E-state index in [0.717, 1.165) is 56.4 Å². The minimum Gasteiger partial charge on any atom is -0.458 e. The fraction of sp³-hybridized carbons (Fsp3) is 0.561. The van der Waals surface area contributed by atoms with E-state index in [4.69, 9.17) is 14.8 Å². The van der Waals surface area contributed by atoms with Gasteiger partial charge < -0.3 is 55.5 Å². The number of benzene rings is 1. The first-order valence-corrected chi connectivity index (χ1v) is 29.8. The molecular formula is C57H73FN6O17S2. The van der Waals surface area contributed by atoms with E-state index >= 15 is 0 Å². The zero-order valence-electron chi connectivity index (χ0n) is 47.2. The third-order valence-electron chi connectivity index (χ3n) is 15.3. The number of carbonyl (C=O) groups is 9. The van der Waals surface area contributed by atoms with Gasteiger partial charge in [0.15, 0.2) is 17.2 Å². The van der Waals surface area contributed by atoms with Crippen molar-refractivity contribution < 1.29 is 82.9 Å². The number of rotatable bonds is 32. The molecular weight excluding hydrogens is 1120 g/mol. The maximum absolute atomic E-state index is 15.0. The predicted molar refractivity (Wildman–Crippen MR) is 303 cm³/mol. The average molecular weight is 1200 g/mol. The molecule has 0 fully saturated rings. The average Bonchev–Trinajstić information content (AvgIpc) is 2.00. The number of hydrogen-bond acceptors (Lipinski definition) is 20. The molecule has 3 aliphatic heterocycles. The normalized spacial score (nSPS) is 18.3. The van der Waals surface area contributed by atoms with Crippen molar-refractivity contribution >= 4 is 87.3 Å². The number of aliphatic hydroxyl groups is 6. The molecule has 0 radical (unpaired) electrons. The number of aliphatic hydroxyl groups excluding tert-OH is 5. The second kappa shape index (κ2) is 29.0. The number of imide groups is 1. The molecule has 3 aliphatic rings. The van der Waals surface area contributed by atoms with Crippen molar-refractivity contribution in [1.29, 1.82) is 0 Å². The molecule has 0 aliphatic carbocycles. The number of likely N-dealkylation sites (N-methyl/N-ethyl adjacent to an activating group) is 1. The Morgan fingerprint density at radius 3 is 2.17 bits per heavy atom. The van der Waals surface area contributed by atoms with Crippen LogP contribution in [0.3, 0.4) is 0 Å². The molecule has 2 aromatic heterocycles. The van der Waals surface area contributed by atoms with Gasteiger partial charge in [0, 0.05) is 110 Å². The first kappa shape index (κ1) is 65.9. The number of aryl methyl sites for hydroxylation is 1. The third-order valence-corrected chi connectivity index (χ3v) is 17.5. The van der Waals surface area contributed by atoms with Gasteiger partial charge in [-0.1, -0.05) is 13.8 Å². The fourth-order valence-electron chi connectivity index (χ4n) is 9.94. The van der Waals surface area contributed by atoms with E-state index in [0.29, 0.717) is 34.0 Å². The van der Waals surface area contributed by atoms with Crippen LogP contribution in [0.5, 0.6) is 0 Å². The minimum atomic E-state index is -1.99. The highest BCUT2D eigenvalue weighted by Crippen LogP contribution is 2.41. The van der Waals surface area contributed by atoms with Crippen molar-refractivity contribution in [2.24, 2.45) is 11.8 Å². The molecule has 5 heterocycles. The lowest BCUT2D eigenvalue weighted by Gasteiger charge is -2.31. The van der Waals surface area contributed by atoms with Crippen molar-refractivity contribution in [2.75, 3.05) is 44.0 Å². The number of amides is 5. The maximum Gasteiger partial charge on any atom is 0.343 e. The Hall–Kier alpha value is -6.26. The predicted octanol–water partition coefficient (Wildman–Crippen LogP) is 1.01. The summed E-state index contributed by atoms with van der Waals surface area (Å²) in [6, 6.07) is 2.70. The van der Waals surface area contributed by atoms with Gasteiger partial charge in [0.1, 0.15) is 42.6 Å². The molecule has 23 nitrogen and oxygen atoms in total. The summed E-state index contributed by atoms with van der Waals surface area (Å²) in [5, 5.41) is 66.5. The third kappa shape index (κ3) is 15.7. The van der Waals surface area contributed by atoms with E-state index in [9.17, 15) is 77.9 Å². The van der Waals surface area contributed by atoms with Crippen molar-refractivity contribution in [3.05, 3.63) is 74.3 Å². The Labute approximate surface area is 486 Å². The molecule has 452 valence electrons. The van der Waals surface area contributed by atoms with Crippen LogP contribution in [-0.2, 0) is 72.4 Å². The van der Waals surface area contributed by atoms with Crippen LogP contribution in [0.15, 0.2) is 35.1 Å². The van der Waals surface area contributed by atoms with E-state index in [1.165, 1.54) is 27.0 Å². The molecule has 0 unspecified atom stereocenters. The molecule has 0 bridgehead atoms. The molecule has 0 spiro atoms. The number of hydrogen-bond donors (Lipinski definition) is 8. The summed E-state index contributed by atoms with van der Waals surface area (Å²) < 4.78 is 21.7. The Balaban J connectivity index is 0.949. The largest absolute Gasteiger partial charge is 0.458 e. The van der Waals surface area contributed by atoms with Crippen molar-refractivity contribution in [3.8, 4) is 11.4 Å². The first-order valence-electron chi connectivity index (χ1n) is 27.4. The number of carbonyl (C=O) groups excluding carboxylic acids is 9. The summed E-state index contributed by atoms with van der Waals surface area (Å²) in [5.74, 6) is -5.52. The van der Waals surface area contributed by atoms with E-state index in [2.05, 4.69) is 10.6 Å². The van der Waals surface area contributed by atoms with Gasteiger partial charge in [0.2, 0.25) is 17.7 Å². The molecule has 83 heavy (non-hydrogen) atoms. The number of Topliss-reactive ketones (excluding diaryl/α,β-unsaturated/α-hetero) is 3. The summed E-state index contributed by atoms with van der Waals surface area (Å²) in [5.41, 5.74) is 1.45. The van der Waals surface area contributed by atoms with Crippen molar-refractivity contribution in [3.63, 3.8) is 0 Å². The standard InChI is InChI=1S/C57H73FN6O17S2/c1-7-57(80)39-22-42-50-36(24-64(42)55(78)37(39)27-81-56(57)79)38(35-19-29(2)40(58)23-41(35)61-50)28-83-17-8-16-82-18-14-43(67)31(4)59-53(76)30(3)20-44(68)32(5)60-54(77)33(21-34(66)13-15-63-48(72)11-12-49(63)73)9-10-47(71)62(6)25-45(69)51(74)52(75)46(70)26-65/h11-12,19,22-23,30-33,45-46,51-52,65,69-70,74-75,80H,7-10,13-18,20-21,24-28H2,1-6H3,(H,59,76)(H,60,77)/t30-,31+,32+,33-,45+,46-,51-,52-,57+/m1/s1. The SMILES string of the molecule is CC[C@@]1(O)C(=O)OCc2c1cc1n(c2=O)Cc2c-1nc1cc(F)c(C)cc1c2CSCCCSCCC(=O)[C@H](C)NC(=O)[C@H](C)CC(=O)[C@H](C)NC(=O)[C@H](CCC(=O)N(C)C[C@H](O)[C@@H](O)[C@H](O)[C@H](O)CO)CC(=O)CCN1C(=O)C=CC1=O. The molecule has 0 saturated carbocycles. The lowest BCUT2D eigenvalue weighted by molar-refractivity contribution is -0.172. The Morgan fingerprint density at radius 2 is 1.49 bits per heavy atom. The van der Waals surface area contributed by atoms with Crippen molar-refractivity contribution in [2.45, 2.75) is 147 Å². The molecule has 5 amide bonds. The molecule has 26 heteroatoms. The quantitative estimate of drug-likeness (QED) is 0.0192. The topological polar surface area (TPSA) is 350 Å². The van der Waals surface area contributed by atoms with E-state index < -0.39 is 132 Å².